The summed E-state index contributed by atoms with van der Waals surface area (Å²) in [6.45, 7) is 3.24. The molecule has 0 aliphatic carbocycles. The molecule has 100 valence electrons. The molecule has 0 fully saturated rings. The van der Waals surface area contributed by atoms with Crippen molar-refractivity contribution >= 4 is 5.69 Å². The van der Waals surface area contributed by atoms with Crippen molar-refractivity contribution in [2.24, 2.45) is 0 Å². The standard InChI is InChI=1S/C15H24N2O/c1-16(2)10-6-12-17-11-5-9-15(18)13-7-3-4-8-14(13)17/h3-4,7-8,15,18H,5-6,9-12H2,1-2H3. The minimum absolute atomic E-state index is 0.292. The molecule has 1 N–H and O–H groups in total. The highest BCUT2D eigenvalue weighted by molar-refractivity contribution is 5.55. The molecule has 1 aliphatic heterocycles. The van der Waals surface area contributed by atoms with E-state index in [0.717, 1.165) is 44.5 Å². The van der Waals surface area contributed by atoms with Gasteiger partial charge in [0.1, 0.15) is 0 Å². The van der Waals surface area contributed by atoms with E-state index >= 15 is 0 Å². The quantitative estimate of drug-likeness (QED) is 0.885. The van der Waals surface area contributed by atoms with Gasteiger partial charge in [0.25, 0.3) is 0 Å². The Morgan fingerprint density at radius 1 is 1.33 bits per heavy atom. The van der Waals surface area contributed by atoms with E-state index in [1.165, 1.54) is 5.69 Å². The summed E-state index contributed by atoms with van der Waals surface area (Å²) in [7, 11) is 4.22. The van der Waals surface area contributed by atoms with Gasteiger partial charge in [0.15, 0.2) is 0 Å². The zero-order valence-electron chi connectivity index (χ0n) is 11.5. The van der Waals surface area contributed by atoms with E-state index in [-0.39, 0.29) is 6.10 Å². The maximum atomic E-state index is 10.1. The number of nitrogens with zero attached hydrogens (tertiary/aromatic N) is 2. The predicted octanol–water partition coefficient (Wildman–Crippen LogP) is 2.27. The second-order valence-electron chi connectivity index (χ2n) is 5.36. The van der Waals surface area contributed by atoms with Crippen LogP contribution in [0.25, 0.3) is 0 Å². The Morgan fingerprint density at radius 3 is 2.89 bits per heavy atom. The molecule has 0 spiro atoms. The largest absolute Gasteiger partial charge is 0.388 e. The van der Waals surface area contributed by atoms with Crippen molar-refractivity contribution in [2.75, 3.05) is 38.6 Å². The average molecular weight is 248 g/mol. The van der Waals surface area contributed by atoms with Crippen molar-refractivity contribution in [3.05, 3.63) is 29.8 Å². The van der Waals surface area contributed by atoms with Crippen molar-refractivity contribution in [2.45, 2.75) is 25.4 Å². The van der Waals surface area contributed by atoms with Crippen LogP contribution in [0.15, 0.2) is 24.3 Å². The number of para-hydroxylation sites is 1. The molecule has 1 aromatic carbocycles. The summed E-state index contributed by atoms with van der Waals surface area (Å²) < 4.78 is 0. The lowest BCUT2D eigenvalue weighted by Gasteiger charge is -2.25. The summed E-state index contributed by atoms with van der Waals surface area (Å²) in [5.41, 5.74) is 2.32. The first-order chi connectivity index (χ1) is 8.68. The molecule has 0 aromatic heterocycles. The van der Waals surface area contributed by atoms with Gasteiger partial charge in [-0.05, 0) is 46.0 Å². The number of aliphatic hydroxyl groups excluding tert-OH is 1. The third-order valence-electron chi connectivity index (χ3n) is 3.58. The smallest absolute Gasteiger partial charge is 0.0810 e. The second kappa shape index (κ2) is 6.21. The van der Waals surface area contributed by atoms with Crippen molar-refractivity contribution in [3.63, 3.8) is 0 Å². The zero-order valence-corrected chi connectivity index (χ0v) is 11.5. The number of hydrogen-bond donors (Lipinski definition) is 1. The van der Waals surface area contributed by atoms with Crippen molar-refractivity contribution in [3.8, 4) is 0 Å². The molecule has 1 atom stereocenters. The van der Waals surface area contributed by atoms with E-state index in [0.29, 0.717) is 0 Å². The number of anilines is 1. The van der Waals surface area contributed by atoms with Gasteiger partial charge in [-0.1, -0.05) is 18.2 Å². The van der Waals surface area contributed by atoms with Crippen molar-refractivity contribution in [1.82, 2.24) is 4.90 Å². The summed E-state index contributed by atoms with van der Waals surface area (Å²) in [6.07, 6.45) is 2.82. The Hall–Kier alpha value is -1.06. The summed E-state index contributed by atoms with van der Waals surface area (Å²) in [6, 6.07) is 8.28. The lowest BCUT2D eigenvalue weighted by atomic mass is 10.0. The fraction of sp³-hybridized carbons (Fsp3) is 0.600. The summed E-state index contributed by atoms with van der Waals surface area (Å²) >= 11 is 0. The van der Waals surface area contributed by atoms with Crippen molar-refractivity contribution < 1.29 is 5.11 Å². The molecular weight excluding hydrogens is 224 g/mol. The van der Waals surface area contributed by atoms with Crippen LogP contribution in [0.1, 0.15) is 30.9 Å². The first kappa shape index (κ1) is 13.4. The topological polar surface area (TPSA) is 26.7 Å². The number of benzene rings is 1. The summed E-state index contributed by atoms with van der Waals surface area (Å²) in [5.74, 6) is 0. The van der Waals surface area contributed by atoms with Gasteiger partial charge in [-0.25, -0.2) is 0 Å². The molecular formula is C15H24N2O. The predicted molar refractivity (Wildman–Crippen MR) is 76.0 cm³/mol. The molecule has 1 heterocycles. The average Bonchev–Trinajstić information content (AvgIpc) is 2.50. The molecule has 0 radical (unpaired) electrons. The van der Waals surface area contributed by atoms with Crippen LogP contribution in [0.4, 0.5) is 5.69 Å². The second-order valence-corrected chi connectivity index (χ2v) is 5.36. The van der Waals surface area contributed by atoms with Crippen LogP contribution in [0.2, 0.25) is 0 Å². The molecule has 2 rings (SSSR count). The van der Waals surface area contributed by atoms with E-state index in [9.17, 15) is 5.11 Å². The highest BCUT2D eigenvalue weighted by Gasteiger charge is 2.20. The SMILES string of the molecule is CN(C)CCCN1CCCC(O)c2ccccc21. The Balaban J connectivity index is 2.08. The molecule has 3 nitrogen and oxygen atoms in total. The van der Waals surface area contributed by atoms with Gasteiger partial charge in [-0.3, -0.25) is 0 Å². The van der Waals surface area contributed by atoms with E-state index < -0.39 is 0 Å². The third-order valence-corrected chi connectivity index (χ3v) is 3.58. The molecule has 0 saturated heterocycles. The zero-order chi connectivity index (χ0) is 13.0. The first-order valence-corrected chi connectivity index (χ1v) is 6.85. The normalized spacial score (nSPS) is 19.8. The molecule has 1 unspecified atom stereocenters. The van der Waals surface area contributed by atoms with Gasteiger partial charge in [-0.2, -0.15) is 0 Å². The fourth-order valence-electron chi connectivity index (χ4n) is 2.62. The van der Waals surface area contributed by atoms with Gasteiger partial charge < -0.3 is 14.9 Å². The minimum Gasteiger partial charge on any atom is -0.388 e. The molecule has 3 heteroatoms. The molecule has 0 saturated carbocycles. The van der Waals surface area contributed by atoms with Crippen LogP contribution in [-0.4, -0.2) is 43.7 Å². The highest BCUT2D eigenvalue weighted by atomic mass is 16.3. The van der Waals surface area contributed by atoms with Gasteiger partial charge in [-0.15, -0.1) is 0 Å². The number of aliphatic hydroxyl groups is 1. The Bertz CT molecular complexity index is 379. The lowest BCUT2D eigenvalue weighted by Crippen LogP contribution is -2.28. The minimum atomic E-state index is -0.292. The third kappa shape index (κ3) is 3.24. The van der Waals surface area contributed by atoms with Gasteiger partial charge in [0.05, 0.1) is 6.10 Å². The van der Waals surface area contributed by atoms with Gasteiger partial charge in [0, 0.05) is 24.3 Å². The first-order valence-electron chi connectivity index (χ1n) is 6.85. The van der Waals surface area contributed by atoms with E-state index in [4.69, 9.17) is 0 Å². The molecule has 18 heavy (non-hydrogen) atoms. The maximum absolute atomic E-state index is 10.1. The molecule has 1 aromatic rings. The van der Waals surface area contributed by atoms with E-state index in [1.807, 2.05) is 6.07 Å². The van der Waals surface area contributed by atoms with Crippen LogP contribution in [0, 0.1) is 0 Å². The molecule has 0 amide bonds. The Morgan fingerprint density at radius 2 is 2.11 bits per heavy atom. The monoisotopic (exact) mass is 248 g/mol. The number of hydrogen-bond acceptors (Lipinski definition) is 3. The van der Waals surface area contributed by atoms with Crippen LogP contribution in [-0.2, 0) is 0 Å². The summed E-state index contributed by atoms with van der Waals surface area (Å²) in [4.78, 5) is 4.65. The summed E-state index contributed by atoms with van der Waals surface area (Å²) in [5, 5.41) is 10.1. The Kier molecular flexibility index (Phi) is 4.61. The Labute approximate surface area is 110 Å². The van der Waals surface area contributed by atoms with Crippen LogP contribution < -0.4 is 4.90 Å². The van der Waals surface area contributed by atoms with Crippen LogP contribution in [0.3, 0.4) is 0 Å². The van der Waals surface area contributed by atoms with Gasteiger partial charge >= 0.3 is 0 Å². The highest BCUT2D eigenvalue weighted by Crippen LogP contribution is 2.32. The maximum Gasteiger partial charge on any atom is 0.0810 e. The van der Waals surface area contributed by atoms with E-state index in [2.05, 4.69) is 42.1 Å². The van der Waals surface area contributed by atoms with E-state index in [1.54, 1.807) is 0 Å². The molecule has 1 aliphatic rings. The molecule has 0 bridgehead atoms. The van der Waals surface area contributed by atoms with Gasteiger partial charge in [0.2, 0.25) is 0 Å². The lowest BCUT2D eigenvalue weighted by molar-refractivity contribution is 0.168. The number of rotatable bonds is 4. The van der Waals surface area contributed by atoms with Crippen molar-refractivity contribution in [1.29, 1.82) is 0 Å². The van der Waals surface area contributed by atoms with Crippen LogP contribution in [0.5, 0.6) is 0 Å². The number of fused-ring (bicyclic) bond motifs is 1. The fourth-order valence-corrected chi connectivity index (χ4v) is 2.62. The van der Waals surface area contributed by atoms with Crippen LogP contribution >= 0.6 is 0 Å².